The van der Waals surface area contributed by atoms with Crippen molar-refractivity contribution in [2.75, 3.05) is 33.3 Å². The third kappa shape index (κ3) is 6.60. The summed E-state index contributed by atoms with van der Waals surface area (Å²) in [5.74, 6) is 1.50. The van der Waals surface area contributed by atoms with E-state index < -0.39 is 0 Å². The number of nitrogens with one attached hydrogen (secondary N) is 1. The molecule has 1 atom stereocenters. The zero-order valence-corrected chi connectivity index (χ0v) is 23.0. The summed E-state index contributed by atoms with van der Waals surface area (Å²) in [5.41, 5.74) is 2.03. The summed E-state index contributed by atoms with van der Waals surface area (Å²) in [4.78, 5) is 30.4. The maximum Gasteiger partial charge on any atom is 0.229 e. The SMILES string of the molecule is COc1ccc(CN2CCC3(CCN(CCC(NC(=O)C4CC4)c4ccc(Cl)cc4)CC3)C2=O)cc1.Cl. The van der Waals surface area contributed by atoms with Crippen molar-refractivity contribution in [2.45, 2.75) is 51.1 Å². The molecule has 2 amide bonds. The molecule has 1 saturated carbocycles. The lowest BCUT2D eigenvalue weighted by Gasteiger charge is -2.38. The van der Waals surface area contributed by atoms with Crippen LogP contribution in [0.1, 0.15) is 55.7 Å². The van der Waals surface area contributed by atoms with Crippen LogP contribution in [0.2, 0.25) is 5.02 Å². The lowest BCUT2D eigenvalue weighted by atomic mass is 9.77. The van der Waals surface area contributed by atoms with Crippen molar-refractivity contribution in [1.29, 1.82) is 0 Å². The fourth-order valence-corrected chi connectivity index (χ4v) is 5.75. The standard InChI is InChI=1S/C29H36ClN3O3.ClH/c1-36-25-10-2-21(3-11-25)20-33-19-15-29(28(33)35)13-17-32(18-14-29)16-12-26(31-27(34)23-4-5-23)22-6-8-24(30)9-7-22;/h2-3,6-11,23,26H,4-5,12-20H2,1H3,(H,31,34);1H. The van der Waals surface area contributed by atoms with Crippen molar-refractivity contribution in [3.63, 3.8) is 0 Å². The molecular formula is C29H37Cl2N3O3. The van der Waals surface area contributed by atoms with Crippen molar-refractivity contribution >= 4 is 35.8 Å². The number of halogens is 2. The lowest BCUT2D eigenvalue weighted by molar-refractivity contribution is -0.139. The van der Waals surface area contributed by atoms with Crippen LogP contribution < -0.4 is 10.1 Å². The fraction of sp³-hybridized carbons (Fsp3) is 0.517. The van der Waals surface area contributed by atoms with E-state index >= 15 is 0 Å². The van der Waals surface area contributed by atoms with E-state index in [4.69, 9.17) is 16.3 Å². The average Bonchev–Trinajstić information content (AvgIpc) is 3.72. The Morgan fingerprint density at radius 1 is 1.05 bits per heavy atom. The largest absolute Gasteiger partial charge is 0.497 e. The second-order valence-corrected chi connectivity index (χ2v) is 11.1. The molecule has 0 radical (unpaired) electrons. The van der Waals surface area contributed by atoms with Gasteiger partial charge in [-0.25, -0.2) is 0 Å². The molecule has 1 N–H and O–H groups in total. The predicted molar refractivity (Wildman–Crippen MR) is 148 cm³/mol. The van der Waals surface area contributed by atoms with Crippen molar-refractivity contribution in [3.05, 3.63) is 64.7 Å². The quantitative estimate of drug-likeness (QED) is 0.467. The van der Waals surface area contributed by atoms with Crippen LogP contribution in [0.25, 0.3) is 0 Å². The zero-order valence-electron chi connectivity index (χ0n) is 21.5. The molecule has 2 saturated heterocycles. The third-order valence-corrected chi connectivity index (χ3v) is 8.47. The van der Waals surface area contributed by atoms with Crippen LogP contribution in [0.15, 0.2) is 48.5 Å². The molecule has 37 heavy (non-hydrogen) atoms. The lowest BCUT2D eigenvalue weighted by Crippen LogP contribution is -2.45. The molecule has 2 heterocycles. The number of hydrogen-bond donors (Lipinski definition) is 1. The molecule has 1 unspecified atom stereocenters. The van der Waals surface area contributed by atoms with Gasteiger partial charge >= 0.3 is 0 Å². The first kappa shape index (κ1) is 27.7. The van der Waals surface area contributed by atoms with Crippen LogP contribution in [0.4, 0.5) is 0 Å². The second-order valence-electron chi connectivity index (χ2n) is 10.6. The Hall–Kier alpha value is -2.28. The van der Waals surface area contributed by atoms with E-state index in [-0.39, 0.29) is 35.7 Å². The Balaban J connectivity index is 0.00000320. The Morgan fingerprint density at radius 3 is 2.32 bits per heavy atom. The van der Waals surface area contributed by atoms with E-state index in [0.29, 0.717) is 17.5 Å². The normalized spacial score (nSPS) is 19.9. The third-order valence-electron chi connectivity index (χ3n) is 8.22. The van der Waals surface area contributed by atoms with E-state index in [9.17, 15) is 9.59 Å². The average molecular weight is 547 g/mol. The van der Waals surface area contributed by atoms with Crippen LogP contribution in [0, 0.1) is 11.3 Å². The van der Waals surface area contributed by atoms with Gasteiger partial charge in [-0.1, -0.05) is 35.9 Å². The number of hydrogen-bond acceptors (Lipinski definition) is 4. The van der Waals surface area contributed by atoms with E-state index in [1.165, 1.54) is 0 Å². The number of carbonyl (C=O) groups excluding carboxylic acids is 2. The number of nitrogens with zero attached hydrogens (tertiary/aromatic N) is 2. The van der Waals surface area contributed by atoms with Crippen LogP contribution in [0.5, 0.6) is 5.75 Å². The second kappa shape index (κ2) is 12.1. The number of carbonyl (C=O) groups is 2. The number of amides is 2. The highest BCUT2D eigenvalue weighted by molar-refractivity contribution is 6.30. The molecule has 2 aromatic carbocycles. The van der Waals surface area contributed by atoms with Crippen LogP contribution in [-0.4, -0.2) is 54.9 Å². The minimum atomic E-state index is -0.210. The van der Waals surface area contributed by atoms with E-state index in [0.717, 1.165) is 81.6 Å². The molecule has 5 rings (SSSR count). The molecule has 0 aromatic heterocycles. The van der Waals surface area contributed by atoms with Gasteiger partial charge in [-0.3, -0.25) is 9.59 Å². The summed E-state index contributed by atoms with van der Waals surface area (Å²) in [6.07, 6.45) is 5.61. The van der Waals surface area contributed by atoms with Crippen LogP contribution in [0.3, 0.4) is 0 Å². The molecule has 2 aliphatic heterocycles. The van der Waals surface area contributed by atoms with Crippen molar-refractivity contribution in [1.82, 2.24) is 15.1 Å². The van der Waals surface area contributed by atoms with E-state index in [1.807, 2.05) is 53.4 Å². The summed E-state index contributed by atoms with van der Waals surface area (Å²) in [7, 11) is 1.66. The van der Waals surface area contributed by atoms with Gasteiger partial charge in [-0.2, -0.15) is 0 Å². The molecular weight excluding hydrogens is 509 g/mol. The van der Waals surface area contributed by atoms with Crippen molar-refractivity contribution < 1.29 is 14.3 Å². The van der Waals surface area contributed by atoms with Gasteiger partial charge in [-0.05, 0) is 87.0 Å². The molecule has 0 bridgehead atoms. The highest BCUT2D eigenvalue weighted by Gasteiger charge is 2.47. The van der Waals surface area contributed by atoms with Crippen LogP contribution >= 0.6 is 24.0 Å². The van der Waals surface area contributed by atoms with Gasteiger partial charge in [0.15, 0.2) is 0 Å². The summed E-state index contributed by atoms with van der Waals surface area (Å²) >= 11 is 6.09. The number of benzene rings is 2. The molecule has 3 aliphatic rings. The predicted octanol–water partition coefficient (Wildman–Crippen LogP) is 5.24. The Labute approximate surface area is 231 Å². The van der Waals surface area contributed by atoms with Gasteiger partial charge < -0.3 is 19.9 Å². The monoisotopic (exact) mass is 545 g/mol. The molecule has 1 spiro atoms. The highest BCUT2D eigenvalue weighted by atomic mass is 35.5. The fourth-order valence-electron chi connectivity index (χ4n) is 5.63. The van der Waals surface area contributed by atoms with Gasteiger partial charge in [0, 0.05) is 30.6 Å². The Bertz CT molecular complexity index is 1060. The van der Waals surface area contributed by atoms with Crippen LogP contribution in [-0.2, 0) is 16.1 Å². The number of piperidine rings is 1. The van der Waals surface area contributed by atoms with E-state index in [2.05, 4.69) is 10.2 Å². The maximum atomic E-state index is 13.4. The zero-order chi connectivity index (χ0) is 25.1. The summed E-state index contributed by atoms with van der Waals surface area (Å²) in [5, 5.41) is 3.97. The van der Waals surface area contributed by atoms with E-state index in [1.54, 1.807) is 7.11 Å². The first-order chi connectivity index (χ1) is 17.5. The molecule has 1 aliphatic carbocycles. The van der Waals surface area contributed by atoms with Gasteiger partial charge in [0.05, 0.1) is 18.6 Å². The maximum absolute atomic E-state index is 13.4. The molecule has 3 fully saturated rings. The number of likely N-dealkylation sites (tertiary alicyclic amines) is 2. The van der Waals surface area contributed by atoms with Gasteiger partial charge in [0.1, 0.15) is 5.75 Å². The van der Waals surface area contributed by atoms with Crippen molar-refractivity contribution in [2.24, 2.45) is 11.3 Å². The summed E-state index contributed by atoms with van der Waals surface area (Å²) in [6.45, 7) is 4.24. The first-order valence-electron chi connectivity index (χ1n) is 13.2. The molecule has 6 nitrogen and oxygen atoms in total. The van der Waals surface area contributed by atoms with Gasteiger partial charge in [0.25, 0.3) is 0 Å². The topological polar surface area (TPSA) is 61.9 Å². The molecule has 2 aromatic rings. The number of methoxy groups -OCH3 is 1. The number of rotatable bonds is 9. The highest BCUT2D eigenvalue weighted by Crippen LogP contribution is 2.42. The smallest absolute Gasteiger partial charge is 0.229 e. The van der Waals surface area contributed by atoms with Gasteiger partial charge in [0.2, 0.25) is 11.8 Å². The summed E-state index contributed by atoms with van der Waals surface area (Å²) in [6, 6.07) is 15.8. The molecule has 8 heteroatoms. The number of ether oxygens (including phenoxy) is 1. The van der Waals surface area contributed by atoms with Crippen molar-refractivity contribution in [3.8, 4) is 5.75 Å². The minimum absolute atomic E-state index is 0. The molecule has 200 valence electrons. The minimum Gasteiger partial charge on any atom is -0.497 e. The van der Waals surface area contributed by atoms with Gasteiger partial charge in [-0.15, -0.1) is 12.4 Å². The first-order valence-corrected chi connectivity index (χ1v) is 13.5. The summed E-state index contributed by atoms with van der Waals surface area (Å²) < 4.78 is 5.25. The Morgan fingerprint density at radius 2 is 1.70 bits per heavy atom. The Kier molecular flexibility index (Phi) is 9.04.